The van der Waals surface area contributed by atoms with Crippen molar-refractivity contribution in [1.82, 2.24) is 9.72 Å². The Labute approximate surface area is 141 Å². The highest BCUT2D eigenvalue weighted by molar-refractivity contribution is 5.99. The second-order valence-corrected chi connectivity index (χ2v) is 7.24. The van der Waals surface area contributed by atoms with Crippen molar-refractivity contribution in [3.63, 3.8) is 0 Å². The Morgan fingerprint density at radius 1 is 1.21 bits per heavy atom. The predicted octanol–water partition coefficient (Wildman–Crippen LogP) is 3.55. The number of ether oxygens (including phenoxy) is 1. The average molecular weight is 332 g/mol. The first-order chi connectivity index (χ1) is 11.1. The predicted molar refractivity (Wildman–Crippen MR) is 89.4 cm³/mol. The number of Topliss-reactive ketones (excluding diaryl/α,β-unsaturated/α-hetero) is 1. The van der Waals surface area contributed by atoms with Crippen molar-refractivity contribution < 1.29 is 18.8 Å². The fraction of sp³-hybridized carbons (Fsp3) is 0.500. The topological polar surface area (TPSA) is 74.3 Å². The molecule has 0 bridgehead atoms. The first kappa shape index (κ1) is 18.0. The van der Waals surface area contributed by atoms with Crippen LogP contribution in [0.15, 0.2) is 16.7 Å². The summed E-state index contributed by atoms with van der Waals surface area (Å²) in [7, 11) is 0. The highest BCUT2D eigenvalue weighted by Crippen LogP contribution is 2.22. The van der Waals surface area contributed by atoms with E-state index in [1.54, 1.807) is 12.1 Å². The summed E-state index contributed by atoms with van der Waals surface area (Å²) in [6.07, 6.45) is 0.275. The molecule has 2 heterocycles. The number of ketones is 1. The molecule has 0 spiro atoms. The molecule has 0 aromatic carbocycles. The van der Waals surface area contributed by atoms with Gasteiger partial charge in [-0.1, -0.05) is 25.9 Å². The van der Waals surface area contributed by atoms with E-state index in [1.165, 1.54) is 0 Å². The van der Waals surface area contributed by atoms with Gasteiger partial charge in [0.2, 0.25) is 5.78 Å². The fourth-order valence-electron chi connectivity index (χ4n) is 2.56. The van der Waals surface area contributed by atoms with E-state index in [-0.39, 0.29) is 30.2 Å². The molecule has 0 aliphatic carbocycles. The average Bonchev–Trinajstić information content (AvgIpc) is 2.98. The van der Waals surface area contributed by atoms with Crippen LogP contribution in [0.2, 0.25) is 0 Å². The molecule has 0 saturated heterocycles. The van der Waals surface area contributed by atoms with E-state index in [2.05, 4.69) is 5.16 Å². The van der Waals surface area contributed by atoms with Gasteiger partial charge in [-0.3, -0.25) is 14.2 Å². The molecule has 0 radical (unpaired) electrons. The van der Waals surface area contributed by atoms with E-state index in [1.807, 2.05) is 46.1 Å². The monoisotopic (exact) mass is 332 g/mol. The van der Waals surface area contributed by atoms with Crippen LogP contribution in [-0.4, -0.2) is 28.1 Å². The molecule has 6 heteroatoms. The van der Waals surface area contributed by atoms with E-state index in [0.717, 1.165) is 11.4 Å². The summed E-state index contributed by atoms with van der Waals surface area (Å²) in [6.45, 7) is 11.1. The van der Waals surface area contributed by atoms with Crippen LogP contribution in [0.25, 0.3) is 5.82 Å². The minimum absolute atomic E-state index is 0.166. The Morgan fingerprint density at radius 3 is 2.42 bits per heavy atom. The minimum Gasteiger partial charge on any atom is -0.457 e. The molecule has 130 valence electrons. The van der Waals surface area contributed by atoms with Crippen LogP contribution in [0.5, 0.6) is 0 Å². The lowest BCUT2D eigenvalue weighted by Gasteiger charge is -2.16. The molecule has 2 aromatic rings. The maximum atomic E-state index is 12.4. The molecule has 24 heavy (non-hydrogen) atoms. The van der Waals surface area contributed by atoms with Gasteiger partial charge in [-0.15, -0.1) is 0 Å². The van der Waals surface area contributed by atoms with Gasteiger partial charge in [-0.2, -0.15) is 0 Å². The van der Waals surface area contributed by atoms with Gasteiger partial charge in [0, 0.05) is 23.0 Å². The van der Waals surface area contributed by atoms with Gasteiger partial charge in [-0.05, 0) is 32.3 Å². The van der Waals surface area contributed by atoms with Crippen molar-refractivity contribution in [3.05, 3.63) is 34.8 Å². The van der Waals surface area contributed by atoms with Gasteiger partial charge in [0.05, 0.1) is 6.42 Å². The molecule has 0 atom stereocenters. The van der Waals surface area contributed by atoms with Crippen LogP contribution in [-0.2, 0) is 9.53 Å². The van der Waals surface area contributed by atoms with Gasteiger partial charge >= 0.3 is 5.97 Å². The zero-order valence-corrected chi connectivity index (χ0v) is 15.1. The summed E-state index contributed by atoms with van der Waals surface area (Å²) in [6, 6.07) is 3.58. The van der Waals surface area contributed by atoms with Crippen molar-refractivity contribution in [1.29, 1.82) is 0 Å². The van der Waals surface area contributed by atoms with E-state index in [0.29, 0.717) is 17.1 Å². The Hall–Kier alpha value is -2.37. The minimum atomic E-state index is -0.364. The number of carbonyl (C=O) groups is 2. The first-order valence-electron chi connectivity index (χ1n) is 7.90. The number of aromatic nitrogens is 2. The van der Waals surface area contributed by atoms with E-state index < -0.39 is 0 Å². The van der Waals surface area contributed by atoms with Gasteiger partial charge in [0.1, 0.15) is 5.76 Å². The summed E-state index contributed by atoms with van der Waals surface area (Å²) >= 11 is 0. The van der Waals surface area contributed by atoms with Gasteiger partial charge < -0.3 is 9.26 Å². The SMILES string of the molecule is Cc1cc(-n2c(C)cc(C(=O)COC(=O)CC(C)(C)C)c2C)no1. The van der Waals surface area contributed by atoms with Gasteiger partial charge in [0.25, 0.3) is 0 Å². The van der Waals surface area contributed by atoms with Crippen molar-refractivity contribution in [3.8, 4) is 5.82 Å². The van der Waals surface area contributed by atoms with Crippen molar-refractivity contribution >= 4 is 11.8 Å². The van der Waals surface area contributed by atoms with Gasteiger partial charge in [0.15, 0.2) is 12.4 Å². The fourth-order valence-corrected chi connectivity index (χ4v) is 2.56. The van der Waals surface area contributed by atoms with Crippen molar-refractivity contribution in [2.24, 2.45) is 5.41 Å². The third kappa shape index (κ3) is 4.13. The largest absolute Gasteiger partial charge is 0.457 e. The molecule has 0 N–H and O–H groups in total. The summed E-state index contributed by atoms with van der Waals surface area (Å²) < 4.78 is 12.1. The van der Waals surface area contributed by atoms with Crippen LogP contribution in [0.1, 0.15) is 54.7 Å². The zero-order chi connectivity index (χ0) is 18.1. The number of nitrogens with zero attached hydrogens (tertiary/aromatic N) is 2. The van der Waals surface area contributed by atoms with Crippen molar-refractivity contribution in [2.45, 2.75) is 48.0 Å². The number of aryl methyl sites for hydroxylation is 2. The Balaban J connectivity index is 2.12. The summed E-state index contributed by atoms with van der Waals surface area (Å²) in [5, 5.41) is 3.99. The van der Waals surface area contributed by atoms with Crippen LogP contribution < -0.4 is 0 Å². The molecule has 2 aromatic heterocycles. The van der Waals surface area contributed by atoms with Crippen LogP contribution >= 0.6 is 0 Å². The lowest BCUT2D eigenvalue weighted by molar-refractivity contribution is -0.144. The molecule has 0 saturated carbocycles. The highest BCUT2D eigenvalue weighted by Gasteiger charge is 2.21. The lowest BCUT2D eigenvalue weighted by Crippen LogP contribution is -2.19. The molecule has 0 aliphatic rings. The molecular formula is C18H24N2O4. The lowest BCUT2D eigenvalue weighted by atomic mass is 9.92. The van der Waals surface area contributed by atoms with E-state index >= 15 is 0 Å². The highest BCUT2D eigenvalue weighted by atomic mass is 16.5. The second-order valence-electron chi connectivity index (χ2n) is 7.24. The van der Waals surface area contributed by atoms with Gasteiger partial charge in [-0.25, -0.2) is 0 Å². The number of carbonyl (C=O) groups excluding carboxylic acids is 2. The zero-order valence-electron chi connectivity index (χ0n) is 15.1. The molecular weight excluding hydrogens is 308 g/mol. The standard InChI is InChI=1S/C18H24N2O4/c1-11-7-14(13(3)20(11)16-8-12(2)24-19-16)15(21)10-23-17(22)9-18(4,5)6/h7-8H,9-10H2,1-6H3. The first-order valence-corrected chi connectivity index (χ1v) is 7.90. The van der Waals surface area contributed by atoms with Crippen LogP contribution in [0.4, 0.5) is 0 Å². The van der Waals surface area contributed by atoms with Crippen LogP contribution in [0, 0.1) is 26.2 Å². The smallest absolute Gasteiger partial charge is 0.306 e. The Morgan fingerprint density at radius 2 is 1.88 bits per heavy atom. The summed E-state index contributed by atoms with van der Waals surface area (Å²) in [5.41, 5.74) is 1.97. The number of esters is 1. The second kappa shape index (κ2) is 6.63. The van der Waals surface area contributed by atoms with Crippen LogP contribution in [0.3, 0.4) is 0 Å². The molecule has 0 aliphatic heterocycles. The molecule has 6 nitrogen and oxygen atoms in total. The van der Waals surface area contributed by atoms with Crippen molar-refractivity contribution in [2.75, 3.05) is 6.61 Å². The quantitative estimate of drug-likeness (QED) is 0.618. The number of hydrogen-bond acceptors (Lipinski definition) is 5. The third-order valence-electron chi connectivity index (χ3n) is 3.62. The van der Waals surface area contributed by atoms with E-state index in [4.69, 9.17) is 9.26 Å². The Bertz CT molecular complexity index is 763. The molecule has 0 amide bonds. The van der Waals surface area contributed by atoms with E-state index in [9.17, 15) is 9.59 Å². The summed E-state index contributed by atoms with van der Waals surface area (Å²) in [5.74, 6) is 0.737. The normalized spacial score (nSPS) is 11.6. The maximum Gasteiger partial charge on any atom is 0.306 e. The molecule has 0 fully saturated rings. The third-order valence-corrected chi connectivity index (χ3v) is 3.62. The molecule has 2 rings (SSSR count). The summed E-state index contributed by atoms with van der Waals surface area (Å²) in [4.78, 5) is 24.2. The maximum absolute atomic E-state index is 12.4. The number of rotatable bonds is 5. The number of hydrogen-bond donors (Lipinski definition) is 0. The Kier molecular flexibility index (Phi) is 4.96. The molecule has 0 unspecified atom stereocenters.